The minimum Gasteiger partial charge on any atom is -0.312 e. The number of aryl methyl sites for hydroxylation is 2. The molecule has 0 aliphatic carbocycles. The van der Waals surface area contributed by atoms with E-state index in [4.69, 9.17) is 0 Å². The van der Waals surface area contributed by atoms with Crippen LogP contribution < -0.4 is 5.32 Å². The Hall–Kier alpha value is -2.30. The van der Waals surface area contributed by atoms with Gasteiger partial charge < -0.3 is 5.32 Å². The van der Waals surface area contributed by atoms with Gasteiger partial charge in [0, 0.05) is 23.2 Å². The molecule has 0 saturated heterocycles. The van der Waals surface area contributed by atoms with Crippen LogP contribution in [-0.4, -0.2) is 12.1 Å². The summed E-state index contributed by atoms with van der Waals surface area (Å²) in [4.78, 5) is 0. The van der Waals surface area contributed by atoms with E-state index in [2.05, 4.69) is 93.9 Å². The summed E-state index contributed by atoms with van der Waals surface area (Å²) in [5, 5.41) is 3.66. The molecule has 2 atom stereocenters. The smallest absolute Gasteiger partial charge is 0.0287 e. The Morgan fingerprint density at radius 1 is 1.04 bits per heavy atom. The molecule has 0 amide bonds. The van der Waals surface area contributed by atoms with E-state index in [1.807, 2.05) is 6.92 Å². The Kier molecular flexibility index (Phi) is 7.89. The van der Waals surface area contributed by atoms with Crippen LogP contribution in [0.25, 0.3) is 5.57 Å². The first-order valence-electron chi connectivity index (χ1n) is 10.0. The zero-order chi connectivity index (χ0) is 19.8. The molecule has 0 aliphatic heterocycles. The van der Waals surface area contributed by atoms with Crippen molar-refractivity contribution in [1.82, 2.24) is 5.32 Å². The van der Waals surface area contributed by atoms with Crippen LogP contribution in [0.4, 0.5) is 0 Å². The third-order valence-corrected chi connectivity index (χ3v) is 5.02. The van der Waals surface area contributed by atoms with Gasteiger partial charge in [-0.1, -0.05) is 60.7 Å². The lowest BCUT2D eigenvalue weighted by Crippen LogP contribution is -2.34. The standard InChI is InChI=1S/C26H33N/c1-7-21(5)27-22(6)10-14-24-16-17-25(19(2)3)18-26(24)15-13-23-11-8-20(4)9-12-23/h8-9,11-12,16-18,21-22,27H,2,7,10,14H2,1,3-6H3. The number of rotatable bonds is 7. The highest BCUT2D eigenvalue weighted by Gasteiger charge is 2.08. The number of allylic oxidation sites excluding steroid dienone is 1. The van der Waals surface area contributed by atoms with Crippen molar-refractivity contribution in [2.24, 2.45) is 0 Å². The number of nitrogens with one attached hydrogen (secondary N) is 1. The van der Waals surface area contributed by atoms with Gasteiger partial charge in [0.05, 0.1) is 0 Å². The molecule has 2 unspecified atom stereocenters. The second-order valence-electron chi connectivity index (χ2n) is 7.68. The van der Waals surface area contributed by atoms with Gasteiger partial charge in [0.2, 0.25) is 0 Å². The van der Waals surface area contributed by atoms with Gasteiger partial charge in [-0.25, -0.2) is 0 Å². The quantitative estimate of drug-likeness (QED) is 0.586. The Morgan fingerprint density at radius 2 is 1.74 bits per heavy atom. The predicted molar refractivity (Wildman–Crippen MR) is 119 cm³/mol. The van der Waals surface area contributed by atoms with Gasteiger partial charge in [-0.2, -0.15) is 0 Å². The summed E-state index contributed by atoms with van der Waals surface area (Å²) in [5.74, 6) is 6.74. The van der Waals surface area contributed by atoms with Gasteiger partial charge in [-0.05, 0) is 76.3 Å². The third-order valence-electron chi connectivity index (χ3n) is 5.02. The van der Waals surface area contributed by atoms with Crippen molar-refractivity contribution in [1.29, 1.82) is 0 Å². The van der Waals surface area contributed by atoms with Crippen LogP contribution in [0.2, 0.25) is 0 Å². The van der Waals surface area contributed by atoms with Crippen LogP contribution in [-0.2, 0) is 6.42 Å². The van der Waals surface area contributed by atoms with Crippen LogP contribution in [0.3, 0.4) is 0 Å². The molecule has 1 nitrogen and oxygen atoms in total. The zero-order valence-electron chi connectivity index (χ0n) is 17.5. The van der Waals surface area contributed by atoms with Gasteiger partial charge in [0.1, 0.15) is 0 Å². The monoisotopic (exact) mass is 359 g/mol. The molecular formula is C26H33N. The lowest BCUT2D eigenvalue weighted by molar-refractivity contribution is 0.438. The number of benzene rings is 2. The van der Waals surface area contributed by atoms with Crippen LogP contribution in [0.5, 0.6) is 0 Å². The maximum Gasteiger partial charge on any atom is 0.0287 e. The van der Waals surface area contributed by atoms with Crippen molar-refractivity contribution in [3.8, 4) is 11.8 Å². The fraction of sp³-hybridized carbons (Fsp3) is 0.385. The fourth-order valence-electron chi connectivity index (χ4n) is 3.01. The molecule has 2 aromatic rings. The first kappa shape index (κ1) is 21.0. The van der Waals surface area contributed by atoms with Gasteiger partial charge in [-0.3, -0.25) is 0 Å². The molecule has 0 aliphatic rings. The summed E-state index contributed by atoms with van der Waals surface area (Å²) in [5.41, 5.74) is 6.99. The highest BCUT2D eigenvalue weighted by molar-refractivity contribution is 5.64. The van der Waals surface area contributed by atoms with Crippen molar-refractivity contribution in [3.63, 3.8) is 0 Å². The third kappa shape index (κ3) is 6.74. The zero-order valence-corrected chi connectivity index (χ0v) is 17.5. The maximum absolute atomic E-state index is 4.08. The van der Waals surface area contributed by atoms with E-state index in [0.717, 1.165) is 41.5 Å². The Bertz CT molecular complexity index is 818. The SMILES string of the molecule is C=C(C)c1ccc(CCC(C)NC(C)CC)c(C#Cc2ccc(C)cc2)c1. The van der Waals surface area contributed by atoms with Crippen LogP contribution >= 0.6 is 0 Å². The van der Waals surface area contributed by atoms with Crippen LogP contribution in [0, 0.1) is 18.8 Å². The molecular weight excluding hydrogens is 326 g/mol. The molecule has 1 N–H and O–H groups in total. The van der Waals surface area contributed by atoms with E-state index < -0.39 is 0 Å². The first-order valence-corrected chi connectivity index (χ1v) is 10.0. The second kappa shape index (κ2) is 10.1. The summed E-state index contributed by atoms with van der Waals surface area (Å²) < 4.78 is 0. The van der Waals surface area contributed by atoms with Gasteiger partial charge >= 0.3 is 0 Å². The highest BCUT2D eigenvalue weighted by atomic mass is 14.9. The topological polar surface area (TPSA) is 12.0 Å². The van der Waals surface area contributed by atoms with E-state index in [1.54, 1.807) is 0 Å². The molecule has 0 aromatic heterocycles. The average Bonchev–Trinajstić information content (AvgIpc) is 2.66. The van der Waals surface area contributed by atoms with E-state index in [9.17, 15) is 0 Å². The Labute approximate surface area is 165 Å². The molecule has 0 bridgehead atoms. The van der Waals surface area contributed by atoms with Crippen molar-refractivity contribution >= 4 is 5.57 Å². The van der Waals surface area contributed by atoms with Gasteiger partial charge in [0.15, 0.2) is 0 Å². The summed E-state index contributed by atoms with van der Waals surface area (Å²) in [6.45, 7) is 15.0. The molecule has 0 radical (unpaired) electrons. The van der Waals surface area contributed by atoms with Crippen molar-refractivity contribution in [3.05, 3.63) is 76.9 Å². The largest absolute Gasteiger partial charge is 0.312 e. The van der Waals surface area contributed by atoms with E-state index in [-0.39, 0.29) is 0 Å². The van der Waals surface area contributed by atoms with Crippen molar-refractivity contribution < 1.29 is 0 Å². The van der Waals surface area contributed by atoms with Gasteiger partial charge in [0.25, 0.3) is 0 Å². The average molecular weight is 360 g/mol. The summed E-state index contributed by atoms with van der Waals surface area (Å²) in [7, 11) is 0. The number of hydrogen-bond donors (Lipinski definition) is 1. The van der Waals surface area contributed by atoms with E-state index >= 15 is 0 Å². The maximum atomic E-state index is 4.08. The molecule has 1 heteroatoms. The summed E-state index contributed by atoms with van der Waals surface area (Å²) in [6, 6.07) is 16.0. The van der Waals surface area contributed by atoms with E-state index in [1.165, 1.54) is 11.1 Å². The molecule has 2 rings (SSSR count). The lowest BCUT2D eigenvalue weighted by atomic mass is 9.96. The number of hydrogen-bond acceptors (Lipinski definition) is 1. The second-order valence-corrected chi connectivity index (χ2v) is 7.68. The normalized spacial score (nSPS) is 12.8. The van der Waals surface area contributed by atoms with Crippen LogP contribution in [0.1, 0.15) is 68.4 Å². The predicted octanol–water partition coefficient (Wildman–Crippen LogP) is 6.14. The summed E-state index contributed by atoms with van der Waals surface area (Å²) >= 11 is 0. The van der Waals surface area contributed by atoms with Gasteiger partial charge in [-0.15, -0.1) is 0 Å². The molecule has 0 fully saturated rings. The lowest BCUT2D eigenvalue weighted by Gasteiger charge is -2.19. The molecule has 0 heterocycles. The molecule has 2 aromatic carbocycles. The molecule has 27 heavy (non-hydrogen) atoms. The van der Waals surface area contributed by atoms with Crippen LogP contribution in [0.15, 0.2) is 49.0 Å². The minimum atomic E-state index is 0.499. The fourth-order valence-corrected chi connectivity index (χ4v) is 3.01. The first-order chi connectivity index (χ1) is 12.9. The van der Waals surface area contributed by atoms with Crippen molar-refractivity contribution in [2.45, 2.75) is 66.0 Å². The minimum absolute atomic E-state index is 0.499. The Balaban J connectivity index is 2.21. The van der Waals surface area contributed by atoms with E-state index in [0.29, 0.717) is 12.1 Å². The molecule has 142 valence electrons. The summed E-state index contributed by atoms with van der Waals surface area (Å²) in [6.07, 6.45) is 3.29. The molecule has 0 spiro atoms. The van der Waals surface area contributed by atoms with Crippen molar-refractivity contribution in [2.75, 3.05) is 0 Å². The molecule has 0 saturated carbocycles. The highest BCUT2D eigenvalue weighted by Crippen LogP contribution is 2.19. The Morgan fingerprint density at radius 3 is 2.37 bits per heavy atom.